The maximum absolute atomic E-state index is 5.99. The highest BCUT2D eigenvalue weighted by atomic mass is 16.5. The number of nitrogens with zero attached hydrogens (tertiary/aromatic N) is 1. The number of hydrogen-bond acceptors (Lipinski definition) is 3. The Morgan fingerprint density at radius 2 is 2.14 bits per heavy atom. The minimum absolute atomic E-state index is 0.271. The van der Waals surface area contributed by atoms with E-state index >= 15 is 0 Å². The standard InChI is InChI=1S/C11H22N2O/c1-2-5-13(10-3-4-10)6-9-7-14-8-11(9)12/h9-11H,2-8,12H2,1H3. The molecule has 2 fully saturated rings. The largest absolute Gasteiger partial charge is 0.379 e. The lowest BCUT2D eigenvalue weighted by atomic mass is 10.0. The molecule has 2 rings (SSSR count). The fourth-order valence-electron chi connectivity index (χ4n) is 2.25. The van der Waals surface area contributed by atoms with Gasteiger partial charge in [-0.25, -0.2) is 0 Å². The van der Waals surface area contributed by atoms with Gasteiger partial charge in [0, 0.05) is 24.5 Å². The van der Waals surface area contributed by atoms with E-state index in [1.54, 1.807) is 0 Å². The van der Waals surface area contributed by atoms with Crippen molar-refractivity contribution < 1.29 is 4.74 Å². The molecule has 0 amide bonds. The minimum atomic E-state index is 0.271. The highest BCUT2D eigenvalue weighted by molar-refractivity contribution is 4.88. The Labute approximate surface area is 86.6 Å². The Hall–Kier alpha value is -0.120. The number of ether oxygens (including phenoxy) is 1. The van der Waals surface area contributed by atoms with Gasteiger partial charge < -0.3 is 10.5 Å². The van der Waals surface area contributed by atoms with E-state index in [-0.39, 0.29) is 6.04 Å². The predicted molar refractivity (Wildman–Crippen MR) is 57.2 cm³/mol. The lowest BCUT2D eigenvalue weighted by molar-refractivity contribution is 0.164. The summed E-state index contributed by atoms with van der Waals surface area (Å²) in [6.07, 6.45) is 4.03. The summed E-state index contributed by atoms with van der Waals surface area (Å²) in [7, 11) is 0. The maximum Gasteiger partial charge on any atom is 0.0621 e. The van der Waals surface area contributed by atoms with E-state index in [1.165, 1.54) is 25.8 Å². The van der Waals surface area contributed by atoms with Crippen molar-refractivity contribution in [3.63, 3.8) is 0 Å². The molecule has 1 saturated heterocycles. The molecule has 2 unspecified atom stereocenters. The van der Waals surface area contributed by atoms with Crippen LogP contribution in [0.25, 0.3) is 0 Å². The summed E-state index contributed by atoms with van der Waals surface area (Å²) in [4.78, 5) is 2.61. The van der Waals surface area contributed by atoms with Crippen molar-refractivity contribution in [2.75, 3.05) is 26.3 Å². The Kier molecular flexibility index (Phi) is 3.42. The highest BCUT2D eigenvalue weighted by Crippen LogP contribution is 2.28. The van der Waals surface area contributed by atoms with Crippen LogP contribution >= 0.6 is 0 Å². The van der Waals surface area contributed by atoms with Gasteiger partial charge in [0.15, 0.2) is 0 Å². The van der Waals surface area contributed by atoms with Crippen LogP contribution in [-0.2, 0) is 4.74 Å². The van der Waals surface area contributed by atoms with Gasteiger partial charge in [0.1, 0.15) is 0 Å². The molecule has 3 nitrogen and oxygen atoms in total. The van der Waals surface area contributed by atoms with E-state index in [0.29, 0.717) is 5.92 Å². The molecule has 0 aromatic rings. The van der Waals surface area contributed by atoms with Crippen molar-refractivity contribution in [1.29, 1.82) is 0 Å². The van der Waals surface area contributed by atoms with Crippen molar-refractivity contribution in [1.82, 2.24) is 4.90 Å². The first-order chi connectivity index (χ1) is 6.81. The van der Waals surface area contributed by atoms with Crippen molar-refractivity contribution in [2.24, 2.45) is 11.7 Å². The number of hydrogen-bond donors (Lipinski definition) is 1. The number of rotatable bonds is 5. The average molecular weight is 198 g/mol. The van der Waals surface area contributed by atoms with Gasteiger partial charge in [0.25, 0.3) is 0 Å². The second kappa shape index (κ2) is 4.60. The first kappa shape index (κ1) is 10.4. The van der Waals surface area contributed by atoms with E-state index in [1.807, 2.05) is 0 Å². The summed E-state index contributed by atoms with van der Waals surface area (Å²) < 4.78 is 5.40. The van der Waals surface area contributed by atoms with Crippen LogP contribution in [0, 0.1) is 5.92 Å². The summed E-state index contributed by atoms with van der Waals surface area (Å²) in [6, 6.07) is 1.14. The monoisotopic (exact) mass is 198 g/mol. The zero-order valence-corrected chi connectivity index (χ0v) is 9.11. The van der Waals surface area contributed by atoms with Crippen molar-refractivity contribution >= 4 is 0 Å². The first-order valence-corrected chi connectivity index (χ1v) is 5.88. The quantitative estimate of drug-likeness (QED) is 0.711. The van der Waals surface area contributed by atoms with E-state index in [9.17, 15) is 0 Å². The molecular weight excluding hydrogens is 176 g/mol. The molecule has 1 aliphatic heterocycles. The van der Waals surface area contributed by atoms with Crippen LogP contribution in [0.15, 0.2) is 0 Å². The molecule has 0 bridgehead atoms. The molecule has 2 N–H and O–H groups in total. The zero-order chi connectivity index (χ0) is 9.97. The van der Waals surface area contributed by atoms with Gasteiger partial charge in [0.05, 0.1) is 13.2 Å². The van der Waals surface area contributed by atoms with E-state index in [0.717, 1.165) is 25.8 Å². The second-order valence-corrected chi connectivity index (χ2v) is 4.69. The SMILES string of the molecule is CCCN(CC1COCC1N)C1CC1. The third-order valence-electron chi connectivity index (χ3n) is 3.29. The molecule has 1 aliphatic carbocycles. The molecule has 3 heteroatoms. The van der Waals surface area contributed by atoms with Crippen LogP contribution in [0.2, 0.25) is 0 Å². The molecular formula is C11H22N2O. The van der Waals surface area contributed by atoms with Gasteiger partial charge in [-0.15, -0.1) is 0 Å². The molecule has 1 saturated carbocycles. The molecule has 0 spiro atoms. The Morgan fingerprint density at radius 3 is 2.64 bits per heavy atom. The smallest absolute Gasteiger partial charge is 0.0621 e. The van der Waals surface area contributed by atoms with Crippen LogP contribution in [0.4, 0.5) is 0 Å². The summed E-state index contributed by atoms with van der Waals surface area (Å²) in [5.74, 6) is 0.571. The molecule has 0 aromatic carbocycles. The first-order valence-electron chi connectivity index (χ1n) is 5.88. The third kappa shape index (κ3) is 2.47. The second-order valence-electron chi connectivity index (χ2n) is 4.69. The number of nitrogens with two attached hydrogens (primary N) is 1. The Morgan fingerprint density at radius 1 is 1.36 bits per heavy atom. The van der Waals surface area contributed by atoms with Gasteiger partial charge in [-0.3, -0.25) is 4.90 Å². The van der Waals surface area contributed by atoms with Gasteiger partial charge in [-0.05, 0) is 25.8 Å². The summed E-state index contributed by atoms with van der Waals surface area (Å²) in [6.45, 7) is 6.26. The van der Waals surface area contributed by atoms with Crippen LogP contribution < -0.4 is 5.73 Å². The topological polar surface area (TPSA) is 38.5 Å². The molecule has 82 valence electrons. The Bertz CT molecular complexity index is 182. The minimum Gasteiger partial charge on any atom is -0.379 e. The average Bonchev–Trinajstić information content (AvgIpc) is 2.93. The van der Waals surface area contributed by atoms with Gasteiger partial charge in [0.2, 0.25) is 0 Å². The third-order valence-corrected chi connectivity index (χ3v) is 3.29. The molecule has 0 radical (unpaired) electrons. The van der Waals surface area contributed by atoms with Crippen LogP contribution in [0.3, 0.4) is 0 Å². The maximum atomic E-state index is 5.99. The fraction of sp³-hybridized carbons (Fsp3) is 1.00. The lowest BCUT2D eigenvalue weighted by Crippen LogP contribution is -2.39. The molecule has 1 heterocycles. The molecule has 14 heavy (non-hydrogen) atoms. The molecule has 0 aromatic heterocycles. The lowest BCUT2D eigenvalue weighted by Gasteiger charge is -2.25. The Balaban J connectivity index is 1.80. The predicted octanol–water partition coefficient (Wildman–Crippen LogP) is 0.835. The van der Waals surface area contributed by atoms with Crippen molar-refractivity contribution in [3.05, 3.63) is 0 Å². The van der Waals surface area contributed by atoms with Gasteiger partial charge >= 0.3 is 0 Å². The highest BCUT2D eigenvalue weighted by Gasteiger charge is 2.33. The van der Waals surface area contributed by atoms with Gasteiger partial charge in [-0.1, -0.05) is 6.92 Å². The van der Waals surface area contributed by atoms with E-state index in [2.05, 4.69) is 11.8 Å². The van der Waals surface area contributed by atoms with Crippen LogP contribution in [-0.4, -0.2) is 43.3 Å². The summed E-state index contributed by atoms with van der Waals surface area (Å²) >= 11 is 0. The molecule has 2 aliphatic rings. The van der Waals surface area contributed by atoms with Crippen LogP contribution in [0.1, 0.15) is 26.2 Å². The molecule has 2 atom stereocenters. The van der Waals surface area contributed by atoms with E-state index in [4.69, 9.17) is 10.5 Å². The van der Waals surface area contributed by atoms with Gasteiger partial charge in [-0.2, -0.15) is 0 Å². The summed E-state index contributed by atoms with van der Waals surface area (Å²) in [5, 5.41) is 0. The van der Waals surface area contributed by atoms with Crippen LogP contribution in [0.5, 0.6) is 0 Å². The van der Waals surface area contributed by atoms with Crippen molar-refractivity contribution in [2.45, 2.75) is 38.3 Å². The van der Waals surface area contributed by atoms with E-state index < -0.39 is 0 Å². The fourth-order valence-corrected chi connectivity index (χ4v) is 2.25. The normalized spacial score (nSPS) is 32.8. The zero-order valence-electron chi connectivity index (χ0n) is 9.11. The summed E-state index contributed by atoms with van der Waals surface area (Å²) in [5.41, 5.74) is 5.99. The van der Waals surface area contributed by atoms with Crippen molar-refractivity contribution in [3.8, 4) is 0 Å².